The van der Waals surface area contributed by atoms with E-state index in [4.69, 9.17) is 0 Å². The average Bonchev–Trinajstić information content (AvgIpc) is 2.69. The summed E-state index contributed by atoms with van der Waals surface area (Å²) in [6.07, 6.45) is 6.49. The van der Waals surface area contributed by atoms with Crippen LogP contribution >= 0.6 is 0 Å². The van der Waals surface area contributed by atoms with Gasteiger partial charge in [-0.15, -0.1) is 0 Å². The van der Waals surface area contributed by atoms with Gasteiger partial charge in [-0.2, -0.15) is 0 Å². The summed E-state index contributed by atoms with van der Waals surface area (Å²) in [5, 5.41) is 5.51. The Labute approximate surface area is 150 Å². The molecule has 4 rings (SSSR count). The molecule has 1 N–H and O–H groups in total. The van der Waals surface area contributed by atoms with E-state index in [0.717, 1.165) is 45.4 Å². The second-order valence-electron chi connectivity index (χ2n) is 5.88. The fourth-order valence-corrected chi connectivity index (χ4v) is 2.86. The predicted molar refractivity (Wildman–Crippen MR) is 102 cm³/mol. The molecule has 0 aliphatic rings. The third kappa shape index (κ3) is 3.28. The van der Waals surface area contributed by atoms with Crippen molar-refractivity contribution in [2.45, 2.75) is 6.42 Å². The number of rotatable bonds is 5. The number of nitrogens with one attached hydrogen (secondary N) is 1. The van der Waals surface area contributed by atoms with Crippen LogP contribution in [0.2, 0.25) is 0 Å². The molecule has 0 saturated heterocycles. The number of benzene rings is 2. The lowest BCUT2D eigenvalue weighted by atomic mass is 10.1. The molecule has 0 amide bonds. The van der Waals surface area contributed by atoms with E-state index in [9.17, 15) is 4.79 Å². The number of hydrogen-bond acceptors (Lipinski definition) is 5. The summed E-state index contributed by atoms with van der Waals surface area (Å²) in [5.74, 6) is 0.719. The number of fused-ring (bicyclic) bond motifs is 1. The first-order valence-electron chi connectivity index (χ1n) is 8.28. The second kappa shape index (κ2) is 7.11. The van der Waals surface area contributed by atoms with Crippen LogP contribution in [0, 0.1) is 0 Å². The van der Waals surface area contributed by atoms with Crippen molar-refractivity contribution in [2.24, 2.45) is 0 Å². The van der Waals surface area contributed by atoms with E-state index in [1.807, 2.05) is 60.8 Å². The predicted octanol–water partition coefficient (Wildman–Crippen LogP) is 4.18. The maximum absolute atomic E-state index is 10.6. The Kier molecular flexibility index (Phi) is 4.35. The summed E-state index contributed by atoms with van der Waals surface area (Å²) >= 11 is 0. The van der Waals surface area contributed by atoms with Crippen LogP contribution in [-0.2, 0) is 11.2 Å². The molecule has 5 nitrogen and oxygen atoms in total. The molecule has 2 aromatic carbocycles. The molecule has 26 heavy (non-hydrogen) atoms. The van der Waals surface area contributed by atoms with Crippen LogP contribution in [-0.4, -0.2) is 21.2 Å². The van der Waals surface area contributed by atoms with E-state index >= 15 is 0 Å². The van der Waals surface area contributed by atoms with Crippen LogP contribution in [0.4, 0.5) is 11.5 Å². The van der Waals surface area contributed by atoms with Crippen molar-refractivity contribution in [2.75, 3.05) is 5.32 Å². The smallest absolute Gasteiger partial charge is 0.134 e. The van der Waals surface area contributed by atoms with Gasteiger partial charge in [0.1, 0.15) is 18.4 Å². The van der Waals surface area contributed by atoms with Gasteiger partial charge in [0.15, 0.2) is 0 Å². The number of carbonyl (C=O) groups excluding carboxylic acids is 1. The Morgan fingerprint density at radius 3 is 2.73 bits per heavy atom. The van der Waals surface area contributed by atoms with Gasteiger partial charge in [-0.05, 0) is 17.7 Å². The summed E-state index contributed by atoms with van der Waals surface area (Å²) in [5.41, 5.74) is 3.76. The van der Waals surface area contributed by atoms with Gasteiger partial charge < -0.3 is 10.1 Å². The summed E-state index contributed by atoms with van der Waals surface area (Å²) in [7, 11) is 0. The fraction of sp³-hybridized carbons (Fsp3) is 0.0476. The van der Waals surface area contributed by atoms with Crippen molar-refractivity contribution in [1.82, 2.24) is 15.0 Å². The fourth-order valence-electron chi connectivity index (χ4n) is 2.86. The minimum Gasteiger partial charge on any atom is -0.340 e. The molecule has 0 bridgehead atoms. The van der Waals surface area contributed by atoms with E-state index in [-0.39, 0.29) is 0 Å². The summed E-state index contributed by atoms with van der Waals surface area (Å²) < 4.78 is 0. The molecule has 126 valence electrons. The first kappa shape index (κ1) is 15.9. The Morgan fingerprint density at radius 1 is 1.00 bits per heavy atom. The number of anilines is 2. The average molecular weight is 340 g/mol. The third-order valence-electron chi connectivity index (χ3n) is 4.18. The van der Waals surface area contributed by atoms with Gasteiger partial charge in [-0.25, -0.2) is 9.97 Å². The molecular formula is C21H16N4O. The van der Waals surface area contributed by atoms with Crippen LogP contribution in [0.25, 0.3) is 22.0 Å². The van der Waals surface area contributed by atoms with E-state index in [2.05, 4.69) is 20.3 Å². The first-order valence-corrected chi connectivity index (χ1v) is 8.28. The van der Waals surface area contributed by atoms with E-state index in [1.54, 1.807) is 12.5 Å². The van der Waals surface area contributed by atoms with Gasteiger partial charge in [-0.1, -0.05) is 36.4 Å². The van der Waals surface area contributed by atoms with Crippen molar-refractivity contribution in [3.63, 3.8) is 0 Å². The standard InChI is InChI=1S/C21H16N4O/c26-11-9-15-4-6-16(7-5-15)20-12-21(24-14-23-20)25-19-3-1-2-17-13-22-10-8-18(17)19/h1-8,10-14H,9H2,(H,23,24,25). The second-order valence-corrected chi connectivity index (χ2v) is 5.88. The molecule has 4 aromatic rings. The lowest BCUT2D eigenvalue weighted by Gasteiger charge is -2.10. The minimum atomic E-state index is 0.423. The summed E-state index contributed by atoms with van der Waals surface area (Å²) in [6, 6.07) is 17.7. The Morgan fingerprint density at radius 2 is 1.88 bits per heavy atom. The highest BCUT2D eigenvalue weighted by molar-refractivity contribution is 5.94. The van der Waals surface area contributed by atoms with Crippen LogP contribution in [0.1, 0.15) is 5.56 Å². The number of aromatic nitrogens is 3. The normalized spacial score (nSPS) is 10.6. The molecule has 0 spiro atoms. The molecule has 0 radical (unpaired) electrons. The number of hydrogen-bond donors (Lipinski definition) is 1. The molecule has 0 aliphatic carbocycles. The highest BCUT2D eigenvalue weighted by Gasteiger charge is 2.05. The lowest BCUT2D eigenvalue weighted by Crippen LogP contribution is -1.96. The lowest BCUT2D eigenvalue weighted by molar-refractivity contribution is -0.107. The van der Waals surface area contributed by atoms with Crippen LogP contribution in [0.3, 0.4) is 0 Å². The zero-order chi connectivity index (χ0) is 17.8. The molecule has 2 aromatic heterocycles. The molecular weight excluding hydrogens is 324 g/mol. The number of carbonyl (C=O) groups is 1. The van der Waals surface area contributed by atoms with Gasteiger partial charge in [0, 0.05) is 46.9 Å². The van der Waals surface area contributed by atoms with E-state index < -0.39 is 0 Å². The van der Waals surface area contributed by atoms with Crippen molar-refractivity contribution in [3.8, 4) is 11.3 Å². The topological polar surface area (TPSA) is 67.8 Å². The van der Waals surface area contributed by atoms with Gasteiger partial charge in [0.05, 0.1) is 5.69 Å². The molecule has 0 saturated carbocycles. The van der Waals surface area contributed by atoms with E-state index in [0.29, 0.717) is 6.42 Å². The zero-order valence-corrected chi connectivity index (χ0v) is 14.0. The van der Waals surface area contributed by atoms with Crippen molar-refractivity contribution < 1.29 is 4.79 Å². The number of aldehydes is 1. The SMILES string of the molecule is O=CCc1ccc(-c2cc(Nc3cccc4cnccc34)ncn2)cc1. The van der Waals surface area contributed by atoms with Crippen molar-refractivity contribution >= 4 is 28.6 Å². The molecule has 0 atom stereocenters. The summed E-state index contributed by atoms with van der Waals surface area (Å²) in [4.78, 5) is 23.5. The highest BCUT2D eigenvalue weighted by Crippen LogP contribution is 2.26. The van der Waals surface area contributed by atoms with E-state index in [1.165, 1.54) is 0 Å². The van der Waals surface area contributed by atoms with Crippen LogP contribution in [0.15, 0.2) is 73.3 Å². The monoisotopic (exact) mass is 340 g/mol. The maximum atomic E-state index is 10.6. The third-order valence-corrected chi connectivity index (χ3v) is 4.18. The number of pyridine rings is 1. The van der Waals surface area contributed by atoms with Gasteiger partial charge in [-0.3, -0.25) is 4.98 Å². The van der Waals surface area contributed by atoms with Gasteiger partial charge in [0.2, 0.25) is 0 Å². The van der Waals surface area contributed by atoms with Crippen LogP contribution < -0.4 is 5.32 Å². The Balaban J connectivity index is 1.64. The Bertz CT molecular complexity index is 1060. The van der Waals surface area contributed by atoms with Gasteiger partial charge >= 0.3 is 0 Å². The summed E-state index contributed by atoms with van der Waals surface area (Å²) in [6.45, 7) is 0. The zero-order valence-electron chi connectivity index (χ0n) is 14.0. The maximum Gasteiger partial charge on any atom is 0.134 e. The molecule has 2 heterocycles. The quantitative estimate of drug-likeness (QED) is 0.552. The molecule has 0 aliphatic heterocycles. The highest BCUT2D eigenvalue weighted by atomic mass is 16.1. The number of nitrogens with zero attached hydrogens (tertiary/aromatic N) is 3. The van der Waals surface area contributed by atoms with Crippen molar-refractivity contribution in [3.05, 3.63) is 78.9 Å². The Hall–Kier alpha value is -3.60. The molecule has 5 heteroatoms. The first-order chi connectivity index (χ1) is 12.8. The largest absolute Gasteiger partial charge is 0.340 e. The van der Waals surface area contributed by atoms with Crippen LogP contribution in [0.5, 0.6) is 0 Å². The molecule has 0 fully saturated rings. The van der Waals surface area contributed by atoms with Crippen molar-refractivity contribution in [1.29, 1.82) is 0 Å². The molecule has 0 unspecified atom stereocenters. The minimum absolute atomic E-state index is 0.423. The van der Waals surface area contributed by atoms with Gasteiger partial charge in [0.25, 0.3) is 0 Å².